The topological polar surface area (TPSA) is 90.3 Å². The average Bonchev–Trinajstić information content (AvgIpc) is 2.76. The van der Waals surface area contributed by atoms with E-state index >= 15 is 0 Å². The molecule has 0 spiro atoms. The zero-order valence-corrected chi connectivity index (χ0v) is 8.38. The van der Waals surface area contributed by atoms with Gasteiger partial charge in [-0.3, -0.25) is 0 Å². The Labute approximate surface area is 91.3 Å². The first-order valence-corrected chi connectivity index (χ1v) is 4.70. The van der Waals surface area contributed by atoms with Crippen molar-refractivity contribution in [3.05, 3.63) is 34.2 Å². The summed E-state index contributed by atoms with van der Waals surface area (Å²) in [5, 5.41) is 13.8. The molecule has 1 heterocycles. The van der Waals surface area contributed by atoms with Crippen LogP contribution in [0.25, 0.3) is 21.5 Å². The predicted octanol–water partition coefficient (Wildman–Crippen LogP) is 2.01. The summed E-state index contributed by atoms with van der Waals surface area (Å²) in [5.74, 6) is 5.89. The molecule has 0 radical (unpaired) electrons. The maximum atomic E-state index is 8.07. The van der Waals surface area contributed by atoms with Crippen molar-refractivity contribution >= 4 is 11.0 Å². The van der Waals surface area contributed by atoms with Gasteiger partial charge in [0.2, 0.25) is 0 Å². The molecule has 6 nitrogen and oxygen atoms in total. The van der Waals surface area contributed by atoms with E-state index in [-0.39, 0.29) is 0 Å². The van der Waals surface area contributed by atoms with Crippen molar-refractivity contribution in [1.82, 2.24) is 15.4 Å². The molecule has 2 rings (SSSR count). The average molecular weight is 212 g/mol. The minimum atomic E-state index is 0.399. The smallest absolute Gasteiger partial charge is 0.114 e. The Morgan fingerprint density at radius 3 is 3.12 bits per heavy atom. The van der Waals surface area contributed by atoms with Crippen molar-refractivity contribution in [2.24, 2.45) is 5.11 Å². The molecular weight excluding hydrogens is 204 g/mol. The van der Waals surface area contributed by atoms with Gasteiger partial charge in [0.15, 0.2) is 0 Å². The lowest BCUT2D eigenvalue weighted by Crippen LogP contribution is -1.77. The Balaban J connectivity index is 2.11. The standard InChI is InChI=1S/C10H8N6/c11-15-12-6-2-1-3-8-4-5-9-10(7-8)14-16-13-9/h4-5,7H,2,6H2,(H,13,14,16). The first-order valence-electron chi connectivity index (χ1n) is 4.70. The number of benzene rings is 1. The van der Waals surface area contributed by atoms with E-state index in [1.54, 1.807) is 0 Å². The van der Waals surface area contributed by atoms with Gasteiger partial charge in [0.1, 0.15) is 11.0 Å². The lowest BCUT2D eigenvalue weighted by molar-refractivity contribution is 0.959. The zero-order chi connectivity index (χ0) is 11.2. The fourth-order valence-corrected chi connectivity index (χ4v) is 1.23. The minimum absolute atomic E-state index is 0.399. The summed E-state index contributed by atoms with van der Waals surface area (Å²) in [6, 6.07) is 5.60. The number of aromatic amines is 1. The molecule has 0 saturated carbocycles. The second-order valence-corrected chi connectivity index (χ2v) is 3.03. The third kappa shape index (κ3) is 2.29. The predicted molar refractivity (Wildman–Crippen MR) is 59.4 cm³/mol. The van der Waals surface area contributed by atoms with Crippen LogP contribution in [0.3, 0.4) is 0 Å². The van der Waals surface area contributed by atoms with E-state index < -0.39 is 0 Å². The van der Waals surface area contributed by atoms with Crippen molar-refractivity contribution in [1.29, 1.82) is 0 Å². The highest BCUT2D eigenvalue weighted by atomic mass is 15.3. The number of nitrogens with one attached hydrogen (secondary N) is 1. The number of hydrogen-bond donors (Lipinski definition) is 1. The molecular formula is C10H8N6. The summed E-state index contributed by atoms with van der Waals surface area (Å²) in [4.78, 5) is 2.65. The first-order chi connectivity index (χ1) is 7.90. The van der Waals surface area contributed by atoms with Gasteiger partial charge in [-0.1, -0.05) is 17.0 Å². The third-order valence-electron chi connectivity index (χ3n) is 1.95. The Kier molecular flexibility index (Phi) is 3.02. The molecule has 0 saturated heterocycles. The van der Waals surface area contributed by atoms with Crippen LogP contribution in [0.15, 0.2) is 23.3 Å². The van der Waals surface area contributed by atoms with E-state index in [0.717, 1.165) is 16.6 Å². The summed E-state index contributed by atoms with van der Waals surface area (Å²) in [7, 11) is 0. The molecule has 0 bridgehead atoms. The molecule has 0 atom stereocenters. The number of H-pyrrole nitrogens is 1. The summed E-state index contributed by atoms with van der Waals surface area (Å²) in [6.07, 6.45) is 0.556. The van der Waals surface area contributed by atoms with Crippen LogP contribution in [-0.4, -0.2) is 22.0 Å². The molecule has 1 aromatic carbocycles. The molecule has 0 amide bonds. The van der Waals surface area contributed by atoms with E-state index in [2.05, 4.69) is 37.3 Å². The van der Waals surface area contributed by atoms with Gasteiger partial charge in [-0.25, -0.2) is 0 Å². The van der Waals surface area contributed by atoms with Gasteiger partial charge < -0.3 is 0 Å². The van der Waals surface area contributed by atoms with Crippen LogP contribution in [0.1, 0.15) is 12.0 Å². The monoisotopic (exact) mass is 212 g/mol. The Hall–Kier alpha value is -2.51. The van der Waals surface area contributed by atoms with Gasteiger partial charge in [0, 0.05) is 23.4 Å². The van der Waals surface area contributed by atoms with E-state index in [1.165, 1.54) is 0 Å². The van der Waals surface area contributed by atoms with E-state index in [0.29, 0.717) is 13.0 Å². The second kappa shape index (κ2) is 4.82. The Bertz CT molecular complexity index is 596. The number of nitrogens with zero attached hydrogens (tertiary/aromatic N) is 5. The third-order valence-corrected chi connectivity index (χ3v) is 1.95. The largest absolute Gasteiger partial charge is 0.197 e. The number of hydrogen-bond acceptors (Lipinski definition) is 3. The molecule has 0 unspecified atom stereocenters. The molecule has 0 aliphatic rings. The highest BCUT2D eigenvalue weighted by Crippen LogP contribution is 2.09. The second-order valence-electron chi connectivity index (χ2n) is 3.03. The molecule has 2 aromatic rings. The van der Waals surface area contributed by atoms with Crippen LogP contribution in [0.5, 0.6) is 0 Å². The van der Waals surface area contributed by atoms with Crippen molar-refractivity contribution in [3.8, 4) is 11.8 Å². The molecule has 0 aliphatic heterocycles. The van der Waals surface area contributed by atoms with E-state index in [9.17, 15) is 0 Å². The summed E-state index contributed by atoms with van der Waals surface area (Å²) in [6.45, 7) is 0.399. The van der Waals surface area contributed by atoms with Crippen LogP contribution in [0.4, 0.5) is 0 Å². The van der Waals surface area contributed by atoms with Crippen molar-refractivity contribution in [3.63, 3.8) is 0 Å². The van der Waals surface area contributed by atoms with Gasteiger partial charge in [0.05, 0.1) is 0 Å². The van der Waals surface area contributed by atoms with E-state index in [4.69, 9.17) is 5.53 Å². The van der Waals surface area contributed by atoms with Crippen LogP contribution < -0.4 is 0 Å². The van der Waals surface area contributed by atoms with Crippen LogP contribution >= 0.6 is 0 Å². The Morgan fingerprint density at radius 1 is 1.38 bits per heavy atom. The van der Waals surface area contributed by atoms with Gasteiger partial charge >= 0.3 is 0 Å². The zero-order valence-electron chi connectivity index (χ0n) is 8.38. The number of rotatable bonds is 2. The van der Waals surface area contributed by atoms with E-state index in [1.807, 2.05) is 18.2 Å². The van der Waals surface area contributed by atoms with Crippen LogP contribution in [-0.2, 0) is 0 Å². The first kappa shape index (κ1) is 10.0. The van der Waals surface area contributed by atoms with Crippen LogP contribution in [0.2, 0.25) is 0 Å². The lowest BCUT2D eigenvalue weighted by Gasteiger charge is -1.88. The number of fused-ring (bicyclic) bond motifs is 1. The summed E-state index contributed by atoms with van der Waals surface area (Å²) in [5.41, 5.74) is 10.6. The molecule has 78 valence electrons. The quantitative estimate of drug-likeness (QED) is 0.271. The van der Waals surface area contributed by atoms with Crippen molar-refractivity contribution in [2.75, 3.05) is 6.54 Å². The number of azide groups is 1. The minimum Gasteiger partial charge on any atom is -0.197 e. The molecule has 1 N–H and O–H groups in total. The van der Waals surface area contributed by atoms with Crippen molar-refractivity contribution in [2.45, 2.75) is 6.42 Å². The fourth-order valence-electron chi connectivity index (χ4n) is 1.23. The van der Waals surface area contributed by atoms with Gasteiger partial charge in [-0.2, -0.15) is 15.4 Å². The SMILES string of the molecule is [N-]=[N+]=NCCC#Cc1ccc2n[nH]nc2c1. The summed E-state index contributed by atoms with van der Waals surface area (Å²) < 4.78 is 0. The summed E-state index contributed by atoms with van der Waals surface area (Å²) >= 11 is 0. The van der Waals surface area contributed by atoms with Gasteiger partial charge in [-0.15, -0.1) is 0 Å². The molecule has 1 aromatic heterocycles. The van der Waals surface area contributed by atoms with Crippen LogP contribution in [0, 0.1) is 11.8 Å². The fraction of sp³-hybridized carbons (Fsp3) is 0.200. The molecule has 6 heteroatoms. The van der Waals surface area contributed by atoms with Gasteiger partial charge in [0.25, 0.3) is 0 Å². The normalized spacial score (nSPS) is 9.25. The van der Waals surface area contributed by atoms with Crippen molar-refractivity contribution < 1.29 is 0 Å². The maximum absolute atomic E-state index is 8.07. The molecule has 0 fully saturated rings. The number of aromatic nitrogens is 3. The molecule has 0 aliphatic carbocycles. The van der Waals surface area contributed by atoms with Gasteiger partial charge in [-0.05, 0) is 23.7 Å². The highest BCUT2D eigenvalue weighted by Gasteiger charge is 1.96. The maximum Gasteiger partial charge on any atom is 0.114 e. The lowest BCUT2D eigenvalue weighted by atomic mass is 10.2. The Morgan fingerprint density at radius 2 is 2.25 bits per heavy atom. The highest BCUT2D eigenvalue weighted by molar-refractivity contribution is 5.75. The molecule has 16 heavy (non-hydrogen) atoms.